The molecule has 0 aliphatic rings. The first-order chi connectivity index (χ1) is 7.50. The second kappa shape index (κ2) is 6.40. The summed E-state index contributed by atoms with van der Waals surface area (Å²) in [6, 6.07) is 7.34. The number of hydrogen-bond acceptors (Lipinski definition) is 1. The Morgan fingerprint density at radius 1 is 1.31 bits per heavy atom. The molecule has 0 aliphatic carbocycles. The van der Waals surface area contributed by atoms with E-state index in [1.54, 1.807) is 12.1 Å². The van der Waals surface area contributed by atoms with E-state index in [2.05, 4.69) is 51.0 Å². The van der Waals surface area contributed by atoms with E-state index >= 15 is 0 Å². The SMILES string of the molecule is CC(C)C(Br)CNC(=O)c1ccc(Br)cc1. The summed E-state index contributed by atoms with van der Waals surface area (Å²) in [5.41, 5.74) is 0.687. The molecule has 0 bridgehead atoms. The minimum absolute atomic E-state index is 0.0300. The zero-order valence-corrected chi connectivity index (χ0v) is 12.5. The van der Waals surface area contributed by atoms with Gasteiger partial charge >= 0.3 is 0 Å². The molecule has 1 aromatic carbocycles. The molecule has 16 heavy (non-hydrogen) atoms. The standard InChI is InChI=1S/C12H15Br2NO/c1-8(2)11(14)7-15-12(16)9-3-5-10(13)6-4-9/h3-6,8,11H,7H2,1-2H3,(H,15,16). The van der Waals surface area contributed by atoms with Crippen molar-refractivity contribution in [2.75, 3.05) is 6.54 Å². The lowest BCUT2D eigenvalue weighted by Crippen LogP contribution is -2.31. The van der Waals surface area contributed by atoms with Crippen molar-refractivity contribution in [3.63, 3.8) is 0 Å². The van der Waals surface area contributed by atoms with Crippen molar-refractivity contribution >= 4 is 37.8 Å². The molecule has 0 saturated heterocycles. The van der Waals surface area contributed by atoms with E-state index in [4.69, 9.17) is 0 Å². The van der Waals surface area contributed by atoms with Crippen LogP contribution in [0.3, 0.4) is 0 Å². The summed E-state index contributed by atoms with van der Waals surface area (Å²) < 4.78 is 0.976. The molecule has 0 radical (unpaired) electrons. The van der Waals surface area contributed by atoms with Crippen molar-refractivity contribution in [3.8, 4) is 0 Å². The summed E-state index contributed by atoms with van der Waals surface area (Å²) in [5.74, 6) is 0.475. The van der Waals surface area contributed by atoms with Crippen LogP contribution < -0.4 is 5.32 Å². The van der Waals surface area contributed by atoms with Gasteiger partial charge in [-0.3, -0.25) is 4.79 Å². The fourth-order valence-corrected chi connectivity index (χ4v) is 1.56. The van der Waals surface area contributed by atoms with Gasteiger partial charge in [0.2, 0.25) is 0 Å². The smallest absolute Gasteiger partial charge is 0.251 e. The average Bonchev–Trinajstić information content (AvgIpc) is 2.26. The van der Waals surface area contributed by atoms with Gasteiger partial charge < -0.3 is 5.32 Å². The summed E-state index contributed by atoms with van der Waals surface area (Å²) in [7, 11) is 0. The van der Waals surface area contributed by atoms with Crippen LogP contribution in [0.4, 0.5) is 0 Å². The highest BCUT2D eigenvalue weighted by molar-refractivity contribution is 9.10. The Hall–Kier alpha value is -0.350. The maximum absolute atomic E-state index is 11.7. The maximum atomic E-state index is 11.7. The third-order valence-electron chi connectivity index (χ3n) is 2.29. The van der Waals surface area contributed by atoms with Gasteiger partial charge in [0.1, 0.15) is 0 Å². The van der Waals surface area contributed by atoms with E-state index in [0.717, 1.165) is 4.47 Å². The molecule has 0 saturated carbocycles. The van der Waals surface area contributed by atoms with Crippen LogP contribution in [0.15, 0.2) is 28.7 Å². The Kier molecular flexibility index (Phi) is 5.49. The fourth-order valence-electron chi connectivity index (χ4n) is 1.13. The third-order valence-corrected chi connectivity index (χ3v) is 4.20. The number of nitrogens with one attached hydrogen (secondary N) is 1. The Bertz CT molecular complexity index is 349. The highest BCUT2D eigenvalue weighted by atomic mass is 79.9. The molecule has 0 heterocycles. The van der Waals surface area contributed by atoms with Crippen molar-refractivity contribution in [2.45, 2.75) is 18.7 Å². The normalized spacial score (nSPS) is 12.6. The molecular weight excluding hydrogens is 334 g/mol. The molecule has 1 N–H and O–H groups in total. The van der Waals surface area contributed by atoms with Gasteiger partial charge in [0.05, 0.1) is 0 Å². The van der Waals surface area contributed by atoms with Crippen LogP contribution in [0.2, 0.25) is 0 Å². The topological polar surface area (TPSA) is 29.1 Å². The van der Waals surface area contributed by atoms with Crippen LogP contribution in [-0.2, 0) is 0 Å². The molecule has 1 unspecified atom stereocenters. The Morgan fingerprint density at radius 3 is 2.38 bits per heavy atom. The van der Waals surface area contributed by atoms with E-state index in [1.807, 2.05) is 12.1 Å². The number of benzene rings is 1. The summed E-state index contributed by atoms with van der Waals surface area (Å²) in [6.45, 7) is 4.88. The molecule has 1 atom stereocenters. The first-order valence-corrected chi connectivity index (χ1v) is 6.89. The summed E-state index contributed by atoms with van der Waals surface area (Å²) in [6.07, 6.45) is 0. The highest BCUT2D eigenvalue weighted by Gasteiger charge is 2.11. The van der Waals surface area contributed by atoms with Gasteiger partial charge in [0, 0.05) is 21.4 Å². The van der Waals surface area contributed by atoms with Gasteiger partial charge in [-0.1, -0.05) is 45.7 Å². The van der Waals surface area contributed by atoms with Crippen LogP contribution in [0.25, 0.3) is 0 Å². The lowest BCUT2D eigenvalue weighted by molar-refractivity contribution is 0.0953. The van der Waals surface area contributed by atoms with Crippen LogP contribution in [0.1, 0.15) is 24.2 Å². The maximum Gasteiger partial charge on any atom is 0.251 e. The Labute approximate surface area is 113 Å². The van der Waals surface area contributed by atoms with Gasteiger partial charge in [-0.25, -0.2) is 0 Å². The summed E-state index contributed by atoms with van der Waals surface area (Å²) in [5, 5.41) is 2.90. The number of amides is 1. The van der Waals surface area contributed by atoms with Crippen molar-refractivity contribution < 1.29 is 4.79 Å². The monoisotopic (exact) mass is 347 g/mol. The predicted octanol–water partition coefficient (Wildman–Crippen LogP) is 3.60. The third kappa shape index (κ3) is 4.26. The molecular formula is C12H15Br2NO. The molecule has 0 aromatic heterocycles. The van der Waals surface area contributed by atoms with Crippen molar-refractivity contribution in [2.24, 2.45) is 5.92 Å². The molecule has 2 nitrogen and oxygen atoms in total. The minimum Gasteiger partial charge on any atom is -0.351 e. The zero-order valence-electron chi connectivity index (χ0n) is 9.34. The summed E-state index contributed by atoms with van der Waals surface area (Å²) >= 11 is 6.87. The van der Waals surface area contributed by atoms with E-state index in [0.29, 0.717) is 22.9 Å². The van der Waals surface area contributed by atoms with Crippen LogP contribution in [0, 0.1) is 5.92 Å². The van der Waals surface area contributed by atoms with Crippen molar-refractivity contribution in [1.82, 2.24) is 5.32 Å². The van der Waals surface area contributed by atoms with Gasteiger partial charge in [0.15, 0.2) is 0 Å². The zero-order chi connectivity index (χ0) is 12.1. The number of rotatable bonds is 4. The second-order valence-electron chi connectivity index (χ2n) is 3.98. The van der Waals surface area contributed by atoms with Crippen molar-refractivity contribution in [3.05, 3.63) is 34.3 Å². The molecule has 1 aromatic rings. The fraction of sp³-hybridized carbons (Fsp3) is 0.417. The van der Waals surface area contributed by atoms with Gasteiger partial charge in [-0.15, -0.1) is 0 Å². The molecule has 1 amide bonds. The largest absolute Gasteiger partial charge is 0.351 e. The molecule has 1 rings (SSSR count). The molecule has 0 spiro atoms. The van der Waals surface area contributed by atoms with Gasteiger partial charge in [0.25, 0.3) is 5.91 Å². The number of halogens is 2. The van der Waals surface area contributed by atoms with E-state index < -0.39 is 0 Å². The van der Waals surface area contributed by atoms with Gasteiger partial charge in [-0.05, 0) is 30.2 Å². The van der Waals surface area contributed by atoms with Crippen LogP contribution in [-0.4, -0.2) is 17.3 Å². The summed E-state index contributed by atoms with van der Waals surface area (Å²) in [4.78, 5) is 12.0. The predicted molar refractivity (Wildman–Crippen MR) is 74.0 cm³/mol. The number of hydrogen-bond donors (Lipinski definition) is 1. The number of alkyl halides is 1. The van der Waals surface area contributed by atoms with E-state index in [1.165, 1.54) is 0 Å². The first-order valence-electron chi connectivity index (χ1n) is 5.18. The second-order valence-corrected chi connectivity index (χ2v) is 6.07. The number of carbonyl (C=O) groups is 1. The van der Waals surface area contributed by atoms with Crippen LogP contribution in [0.5, 0.6) is 0 Å². The van der Waals surface area contributed by atoms with E-state index in [-0.39, 0.29) is 5.91 Å². The molecule has 0 fully saturated rings. The Morgan fingerprint density at radius 2 is 1.88 bits per heavy atom. The van der Waals surface area contributed by atoms with Gasteiger partial charge in [-0.2, -0.15) is 0 Å². The molecule has 0 aliphatic heterocycles. The lowest BCUT2D eigenvalue weighted by Gasteiger charge is -2.14. The first kappa shape index (κ1) is 13.7. The highest BCUT2D eigenvalue weighted by Crippen LogP contribution is 2.12. The number of carbonyl (C=O) groups excluding carboxylic acids is 1. The van der Waals surface area contributed by atoms with Crippen LogP contribution >= 0.6 is 31.9 Å². The lowest BCUT2D eigenvalue weighted by atomic mass is 10.1. The quantitative estimate of drug-likeness (QED) is 0.827. The van der Waals surface area contributed by atoms with Crippen molar-refractivity contribution in [1.29, 1.82) is 0 Å². The molecule has 4 heteroatoms. The Balaban J connectivity index is 2.50. The molecule has 88 valence electrons. The average molecular weight is 349 g/mol. The minimum atomic E-state index is -0.0300. The van der Waals surface area contributed by atoms with E-state index in [9.17, 15) is 4.79 Å².